The molecule has 0 radical (unpaired) electrons. The first-order valence-corrected chi connectivity index (χ1v) is 10.7. The molecule has 13 heteroatoms. The van der Waals surface area contributed by atoms with Crippen LogP contribution in [0.2, 0.25) is 5.02 Å². The number of carbonyl (C=O) groups is 1. The number of hydrogen-bond donors (Lipinski definition) is 1. The van der Waals surface area contributed by atoms with Crippen molar-refractivity contribution in [3.05, 3.63) is 76.8 Å². The minimum atomic E-state index is -5.04. The quantitative estimate of drug-likeness (QED) is 0.366. The largest absolute Gasteiger partial charge is 0.573 e. The topological polar surface area (TPSA) is 94.6 Å². The molecule has 0 saturated heterocycles. The van der Waals surface area contributed by atoms with Crippen molar-refractivity contribution in [3.63, 3.8) is 0 Å². The number of nitrogens with zero attached hydrogens (tertiary/aromatic N) is 1. The molecule has 1 aromatic heterocycles. The van der Waals surface area contributed by atoms with Crippen molar-refractivity contribution in [3.8, 4) is 11.5 Å². The van der Waals surface area contributed by atoms with Gasteiger partial charge in [-0.15, -0.1) is 13.2 Å². The maximum atomic E-state index is 14.4. The van der Waals surface area contributed by atoms with Crippen molar-refractivity contribution in [1.82, 2.24) is 4.98 Å². The Bertz CT molecular complexity index is 1320. The predicted molar refractivity (Wildman–Crippen MR) is 110 cm³/mol. The Morgan fingerprint density at radius 2 is 1.82 bits per heavy atom. The summed E-state index contributed by atoms with van der Waals surface area (Å²) < 4.78 is 88.2. The minimum Gasteiger partial charge on any atom is -0.496 e. The molecule has 0 bridgehead atoms. The van der Waals surface area contributed by atoms with E-state index in [0.29, 0.717) is 6.07 Å². The smallest absolute Gasteiger partial charge is 0.496 e. The highest BCUT2D eigenvalue weighted by Gasteiger charge is 2.32. The number of nitrogens with one attached hydrogen (secondary N) is 1. The lowest BCUT2D eigenvalue weighted by Crippen LogP contribution is -2.19. The third-order valence-electron chi connectivity index (χ3n) is 4.09. The molecule has 0 fully saturated rings. The van der Waals surface area contributed by atoms with Crippen LogP contribution in [0.3, 0.4) is 0 Å². The number of rotatable bonds is 7. The molecular weight excluding hydrogens is 492 g/mol. The normalized spacial score (nSPS) is 11.7. The summed E-state index contributed by atoms with van der Waals surface area (Å²) in [7, 11) is -3.34. The van der Waals surface area contributed by atoms with Crippen molar-refractivity contribution in [2.75, 3.05) is 11.8 Å². The number of ketones is 1. The van der Waals surface area contributed by atoms with Gasteiger partial charge in [0.15, 0.2) is 0 Å². The molecule has 3 aromatic rings. The van der Waals surface area contributed by atoms with E-state index in [1.807, 2.05) is 4.72 Å². The molecule has 0 atom stereocenters. The van der Waals surface area contributed by atoms with E-state index in [9.17, 15) is 30.8 Å². The molecule has 0 aliphatic rings. The van der Waals surface area contributed by atoms with Gasteiger partial charge in [-0.25, -0.2) is 17.8 Å². The first kappa shape index (κ1) is 24.3. The van der Waals surface area contributed by atoms with Crippen LogP contribution in [0.1, 0.15) is 16.1 Å². The summed E-state index contributed by atoms with van der Waals surface area (Å²) >= 11 is 5.88. The van der Waals surface area contributed by atoms with E-state index in [2.05, 4.69) is 9.72 Å². The second-order valence-corrected chi connectivity index (χ2v) is 8.44. The van der Waals surface area contributed by atoms with Crippen LogP contribution in [0, 0.1) is 5.82 Å². The lowest BCUT2D eigenvalue weighted by Gasteiger charge is -2.14. The van der Waals surface area contributed by atoms with Crippen LogP contribution in [0.15, 0.2) is 59.6 Å². The van der Waals surface area contributed by atoms with Crippen LogP contribution in [0.25, 0.3) is 0 Å². The van der Waals surface area contributed by atoms with Crippen LogP contribution >= 0.6 is 11.6 Å². The summed E-state index contributed by atoms with van der Waals surface area (Å²) in [6.07, 6.45) is -4.00. The Morgan fingerprint density at radius 1 is 1.12 bits per heavy atom. The molecule has 1 N–H and O–H groups in total. The number of sulfonamides is 1. The molecule has 7 nitrogen and oxygen atoms in total. The first-order valence-electron chi connectivity index (χ1n) is 8.82. The van der Waals surface area contributed by atoms with Gasteiger partial charge >= 0.3 is 6.36 Å². The van der Waals surface area contributed by atoms with Gasteiger partial charge in [0.25, 0.3) is 10.0 Å². The van der Waals surface area contributed by atoms with Crippen LogP contribution in [0.4, 0.5) is 23.2 Å². The standard InChI is InChI=1S/C20H13ClF4N2O5S/c1-31-16-7-3-6-14(22)17(16)19(28)18-15(8-11(21)10-26-18)27-33(29,30)13-5-2-4-12(9-13)32-20(23,24)25/h2-10,27H,1H3. The van der Waals surface area contributed by atoms with Crippen molar-refractivity contribution in [2.24, 2.45) is 0 Å². The zero-order valence-corrected chi connectivity index (χ0v) is 18.1. The summed E-state index contributed by atoms with van der Waals surface area (Å²) in [5, 5.41) is -0.0705. The fourth-order valence-electron chi connectivity index (χ4n) is 2.75. The molecule has 2 aromatic carbocycles. The third-order valence-corrected chi connectivity index (χ3v) is 5.66. The van der Waals surface area contributed by atoms with Crippen LogP contribution < -0.4 is 14.2 Å². The van der Waals surface area contributed by atoms with E-state index in [0.717, 1.165) is 36.5 Å². The molecule has 0 unspecified atom stereocenters. The molecule has 0 saturated carbocycles. The van der Waals surface area contributed by atoms with Crippen LogP contribution in [0.5, 0.6) is 11.5 Å². The lowest BCUT2D eigenvalue weighted by atomic mass is 10.0. The molecule has 0 aliphatic carbocycles. The average molecular weight is 505 g/mol. The summed E-state index contributed by atoms with van der Waals surface area (Å²) in [5.74, 6) is -2.86. The van der Waals surface area contributed by atoms with E-state index < -0.39 is 55.6 Å². The van der Waals surface area contributed by atoms with Crippen molar-refractivity contribution >= 4 is 33.1 Å². The zero-order valence-electron chi connectivity index (χ0n) is 16.5. The molecule has 3 rings (SSSR count). The number of hydrogen-bond acceptors (Lipinski definition) is 6. The number of methoxy groups -OCH3 is 1. The Hall–Kier alpha value is -3.38. The maximum absolute atomic E-state index is 14.4. The van der Waals surface area contributed by atoms with E-state index in [4.69, 9.17) is 16.3 Å². The molecule has 0 spiro atoms. The summed E-state index contributed by atoms with van der Waals surface area (Å²) in [6.45, 7) is 0. The Morgan fingerprint density at radius 3 is 2.48 bits per heavy atom. The Balaban J connectivity index is 2.03. The van der Waals surface area contributed by atoms with Gasteiger partial charge in [0.05, 0.1) is 22.7 Å². The Kier molecular flexibility index (Phi) is 6.79. The highest BCUT2D eigenvalue weighted by Crippen LogP contribution is 2.30. The highest BCUT2D eigenvalue weighted by molar-refractivity contribution is 7.92. The van der Waals surface area contributed by atoms with E-state index >= 15 is 0 Å². The van der Waals surface area contributed by atoms with Gasteiger partial charge in [-0.3, -0.25) is 9.52 Å². The molecule has 33 heavy (non-hydrogen) atoms. The molecular formula is C20H13ClF4N2O5S. The van der Waals surface area contributed by atoms with Crippen molar-refractivity contribution in [2.45, 2.75) is 11.3 Å². The zero-order chi connectivity index (χ0) is 24.4. The SMILES string of the molecule is COc1cccc(F)c1C(=O)c1ncc(Cl)cc1NS(=O)(=O)c1cccc(OC(F)(F)F)c1. The summed E-state index contributed by atoms with van der Waals surface area (Å²) in [5.41, 5.74) is -1.45. The fourth-order valence-corrected chi connectivity index (χ4v) is 4.00. The minimum absolute atomic E-state index is 0.0705. The van der Waals surface area contributed by atoms with Gasteiger partial charge < -0.3 is 9.47 Å². The molecule has 0 amide bonds. The third kappa shape index (κ3) is 5.71. The number of aromatic nitrogens is 1. The van der Waals surface area contributed by atoms with Crippen LogP contribution in [-0.2, 0) is 10.0 Å². The molecule has 0 aliphatic heterocycles. The predicted octanol–water partition coefficient (Wildman–Crippen LogP) is 4.81. The van der Waals surface area contributed by atoms with Gasteiger partial charge in [-0.05, 0) is 30.3 Å². The van der Waals surface area contributed by atoms with E-state index in [-0.39, 0.29) is 10.8 Å². The van der Waals surface area contributed by atoms with Gasteiger partial charge in [0.1, 0.15) is 28.6 Å². The second-order valence-electron chi connectivity index (χ2n) is 6.32. The number of alkyl halides is 3. The van der Waals surface area contributed by atoms with Gasteiger partial charge in [-0.2, -0.15) is 0 Å². The fraction of sp³-hybridized carbons (Fsp3) is 0.100. The van der Waals surface area contributed by atoms with Gasteiger partial charge in [0, 0.05) is 12.3 Å². The van der Waals surface area contributed by atoms with Gasteiger partial charge in [-0.1, -0.05) is 23.7 Å². The Labute approximate surface area is 190 Å². The first-order chi connectivity index (χ1) is 15.4. The van der Waals surface area contributed by atoms with Crippen molar-refractivity contribution < 1.29 is 40.2 Å². The monoisotopic (exact) mass is 504 g/mol. The van der Waals surface area contributed by atoms with E-state index in [1.165, 1.54) is 19.2 Å². The summed E-state index contributed by atoms with van der Waals surface area (Å²) in [4.78, 5) is 16.2. The second kappa shape index (κ2) is 9.24. The average Bonchev–Trinajstić information content (AvgIpc) is 2.72. The number of carbonyl (C=O) groups excluding carboxylic acids is 1. The number of anilines is 1. The summed E-state index contributed by atoms with van der Waals surface area (Å²) in [6, 6.07) is 8.25. The van der Waals surface area contributed by atoms with Crippen molar-refractivity contribution in [1.29, 1.82) is 0 Å². The van der Waals surface area contributed by atoms with Crippen LogP contribution in [-0.4, -0.2) is 32.7 Å². The van der Waals surface area contributed by atoms with Gasteiger partial charge in [0.2, 0.25) is 5.78 Å². The molecule has 174 valence electrons. The number of pyridine rings is 1. The number of ether oxygens (including phenoxy) is 2. The highest BCUT2D eigenvalue weighted by atomic mass is 35.5. The van der Waals surface area contributed by atoms with E-state index in [1.54, 1.807) is 0 Å². The number of halogens is 5. The maximum Gasteiger partial charge on any atom is 0.573 e. The lowest BCUT2D eigenvalue weighted by molar-refractivity contribution is -0.274. The number of benzene rings is 2. The molecule has 1 heterocycles.